The molecule has 160 valence electrons. The average molecular weight is 419 g/mol. The number of hydrogen-bond acceptors (Lipinski definition) is 5. The molecule has 3 aromatic rings. The van der Waals surface area contributed by atoms with Crippen LogP contribution in [0.4, 0.5) is 11.6 Å². The van der Waals surface area contributed by atoms with Crippen LogP contribution in [0, 0.1) is 0 Å². The fourth-order valence-electron chi connectivity index (χ4n) is 4.69. The van der Waals surface area contributed by atoms with Gasteiger partial charge in [-0.1, -0.05) is 12.8 Å². The molecule has 8 heteroatoms. The first kappa shape index (κ1) is 19.5. The number of nitrogens with two attached hydrogens (primary N) is 1. The van der Waals surface area contributed by atoms with E-state index in [1.54, 1.807) is 30.5 Å². The average Bonchev–Trinajstić information content (AvgIpc) is 3.53. The minimum absolute atomic E-state index is 0.0962. The lowest BCUT2D eigenvalue weighted by atomic mass is 10.2. The van der Waals surface area contributed by atoms with Gasteiger partial charge in [0.2, 0.25) is 11.9 Å². The van der Waals surface area contributed by atoms with Gasteiger partial charge in [0, 0.05) is 42.0 Å². The van der Waals surface area contributed by atoms with Crippen molar-refractivity contribution >= 4 is 34.5 Å². The van der Waals surface area contributed by atoms with Crippen molar-refractivity contribution in [1.82, 2.24) is 19.4 Å². The van der Waals surface area contributed by atoms with Gasteiger partial charge in [0.05, 0.1) is 0 Å². The highest BCUT2D eigenvalue weighted by atomic mass is 16.2. The van der Waals surface area contributed by atoms with Crippen LogP contribution in [-0.2, 0) is 0 Å². The third kappa shape index (κ3) is 3.73. The van der Waals surface area contributed by atoms with Crippen molar-refractivity contribution in [2.75, 3.05) is 18.4 Å². The fraction of sp³-hybridized carbons (Fsp3) is 0.391. The number of nitrogens with zero attached hydrogens (tertiary/aromatic N) is 4. The van der Waals surface area contributed by atoms with Crippen LogP contribution >= 0.6 is 0 Å². The van der Waals surface area contributed by atoms with E-state index in [-0.39, 0.29) is 11.9 Å². The van der Waals surface area contributed by atoms with Crippen molar-refractivity contribution < 1.29 is 9.59 Å². The number of hydrogen-bond donors (Lipinski definition) is 2. The predicted octanol–water partition coefficient (Wildman–Crippen LogP) is 3.62. The van der Waals surface area contributed by atoms with E-state index >= 15 is 0 Å². The molecule has 3 heterocycles. The largest absolute Gasteiger partial charge is 0.366 e. The van der Waals surface area contributed by atoms with Gasteiger partial charge in [-0.15, -0.1) is 0 Å². The number of anilines is 2. The number of carbonyl (C=O) groups excluding carboxylic acids is 2. The van der Waals surface area contributed by atoms with E-state index in [4.69, 9.17) is 10.7 Å². The minimum atomic E-state index is -0.464. The summed E-state index contributed by atoms with van der Waals surface area (Å²) in [6.07, 6.45) is 8.37. The van der Waals surface area contributed by atoms with Crippen LogP contribution in [0.1, 0.15) is 65.4 Å². The summed E-state index contributed by atoms with van der Waals surface area (Å²) < 4.78 is 2.14. The summed E-state index contributed by atoms with van der Waals surface area (Å²) in [5, 5.41) is 4.07. The number of rotatable bonds is 5. The van der Waals surface area contributed by atoms with Crippen LogP contribution in [0.5, 0.6) is 0 Å². The van der Waals surface area contributed by atoms with Gasteiger partial charge < -0.3 is 20.5 Å². The standard InChI is InChI=1S/C23H26N6O2/c24-20(30)15-7-9-17(10-8-15)26-23-25-14-16-13-19(22(31)28-11-3-4-12-28)29(21(16)27-23)18-5-1-2-6-18/h7-10,13-14,18H,1-6,11-12H2,(H2,24,30)(H,25,26,27). The topological polar surface area (TPSA) is 106 Å². The lowest BCUT2D eigenvalue weighted by molar-refractivity contribution is 0.0780. The third-order valence-corrected chi connectivity index (χ3v) is 6.30. The molecular formula is C23H26N6O2. The Kier molecular flexibility index (Phi) is 5.05. The molecule has 1 saturated heterocycles. The van der Waals surface area contributed by atoms with Gasteiger partial charge in [0.1, 0.15) is 11.3 Å². The number of likely N-dealkylation sites (tertiary alicyclic amines) is 1. The smallest absolute Gasteiger partial charge is 0.270 e. The minimum Gasteiger partial charge on any atom is -0.366 e. The van der Waals surface area contributed by atoms with Gasteiger partial charge in [0.15, 0.2) is 0 Å². The van der Waals surface area contributed by atoms with Crippen LogP contribution < -0.4 is 11.1 Å². The lowest BCUT2D eigenvalue weighted by Crippen LogP contribution is -2.30. The molecule has 0 bridgehead atoms. The summed E-state index contributed by atoms with van der Waals surface area (Å²) in [6.45, 7) is 1.65. The van der Waals surface area contributed by atoms with Crippen molar-refractivity contribution in [1.29, 1.82) is 0 Å². The van der Waals surface area contributed by atoms with Gasteiger partial charge in [-0.05, 0) is 56.0 Å². The highest BCUT2D eigenvalue weighted by Crippen LogP contribution is 2.35. The molecule has 31 heavy (non-hydrogen) atoms. The number of carbonyl (C=O) groups is 2. The van der Waals surface area contributed by atoms with Crippen LogP contribution in [0.2, 0.25) is 0 Å². The third-order valence-electron chi connectivity index (χ3n) is 6.30. The van der Waals surface area contributed by atoms with Gasteiger partial charge in [-0.3, -0.25) is 9.59 Å². The molecule has 1 aliphatic carbocycles. The highest BCUT2D eigenvalue weighted by molar-refractivity contribution is 5.98. The van der Waals surface area contributed by atoms with E-state index in [1.165, 1.54) is 12.8 Å². The predicted molar refractivity (Wildman–Crippen MR) is 118 cm³/mol. The maximum absolute atomic E-state index is 13.3. The van der Waals surface area contributed by atoms with E-state index < -0.39 is 5.91 Å². The van der Waals surface area contributed by atoms with Gasteiger partial charge in [-0.25, -0.2) is 4.98 Å². The van der Waals surface area contributed by atoms with Crippen LogP contribution in [0.25, 0.3) is 11.0 Å². The Balaban J connectivity index is 1.51. The second kappa shape index (κ2) is 8.02. The SMILES string of the molecule is NC(=O)c1ccc(Nc2ncc3cc(C(=O)N4CCCC4)n(C4CCCC4)c3n2)cc1. The summed E-state index contributed by atoms with van der Waals surface area (Å²) in [5.74, 6) is 0.0876. The molecule has 0 radical (unpaired) electrons. The molecule has 1 aliphatic heterocycles. The zero-order chi connectivity index (χ0) is 21.4. The molecule has 2 amide bonds. The van der Waals surface area contributed by atoms with Crippen molar-refractivity contribution in [3.05, 3.63) is 47.8 Å². The van der Waals surface area contributed by atoms with Gasteiger partial charge in [0.25, 0.3) is 5.91 Å². The molecule has 2 aliphatic rings. The Labute approximate surface area is 180 Å². The molecule has 8 nitrogen and oxygen atoms in total. The van der Waals surface area contributed by atoms with Gasteiger partial charge >= 0.3 is 0 Å². The molecule has 2 fully saturated rings. The first-order valence-electron chi connectivity index (χ1n) is 10.9. The maximum atomic E-state index is 13.3. The second-order valence-corrected chi connectivity index (χ2v) is 8.38. The number of fused-ring (bicyclic) bond motifs is 1. The normalized spacial score (nSPS) is 16.8. The molecule has 1 saturated carbocycles. The summed E-state index contributed by atoms with van der Waals surface area (Å²) in [7, 11) is 0. The number of benzene rings is 1. The van der Waals surface area contributed by atoms with Crippen LogP contribution in [0.15, 0.2) is 36.5 Å². The highest BCUT2D eigenvalue weighted by Gasteiger charge is 2.29. The van der Waals surface area contributed by atoms with Crippen LogP contribution in [-0.4, -0.2) is 44.3 Å². The van der Waals surface area contributed by atoms with Crippen molar-refractivity contribution in [2.24, 2.45) is 5.73 Å². The molecule has 0 atom stereocenters. The monoisotopic (exact) mass is 418 g/mol. The Bertz CT molecular complexity index is 1120. The summed E-state index contributed by atoms with van der Waals surface area (Å²) in [5.41, 5.74) is 8.03. The fourth-order valence-corrected chi connectivity index (χ4v) is 4.69. The van der Waals surface area contributed by atoms with E-state index in [1.807, 2.05) is 11.0 Å². The zero-order valence-electron chi connectivity index (χ0n) is 17.4. The Hall–Kier alpha value is -3.42. The van der Waals surface area contributed by atoms with Crippen LogP contribution in [0.3, 0.4) is 0 Å². The Morgan fingerprint density at radius 1 is 1.03 bits per heavy atom. The molecule has 2 aromatic heterocycles. The zero-order valence-corrected chi connectivity index (χ0v) is 17.4. The van der Waals surface area contributed by atoms with E-state index in [9.17, 15) is 9.59 Å². The van der Waals surface area contributed by atoms with E-state index in [0.717, 1.165) is 61.2 Å². The number of amides is 2. The molecule has 0 unspecified atom stereocenters. The first-order chi connectivity index (χ1) is 15.1. The quantitative estimate of drug-likeness (QED) is 0.658. The Morgan fingerprint density at radius 2 is 1.74 bits per heavy atom. The maximum Gasteiger partial charge on any atom is 0.270 e. The Morgan fingerprint density at radius 3 is 2.42 bits per heavy atom. The van der Waals surface area contributed by atoms with Crippen molar-refractivity contribution in [3.8, 4) is 0 Å². The summed E-state index contributed by atoms with van der Waals surface area (Å²) in [6, 6.07) is 9.10. The van der Waals surface area contributed by atoms with Crippen molar-refractivity contribution in [3.63, 3.8) is 0 Å². The number of primary amides is 1. The summed E-state index contributed by atoms with van der Waals surface area (Å²) >= 11 is 0. The van der Waals surface area contributed by atoms with E-state index in [0.29, 0.717) is 11.5 Å². The van der Waals surface area contributed by atoms with E-state index in [2.05, 4.69) is 14.9 Å². The van der Waals surface area contributed by atoms with Crippen molar-refractivity contribution in [2.45, 2.75) is 44.6 Å². The first-order valence-corrected chi connectivity index (χ1v) is 10.9. The molecule has 3 N–H and O–H groups in total. The summed E-state index contributed by atoms with van der Waals surface area (Å²) in [4.78, 5) is 35.7. The molecule has 0 spiro atoms. The number of aromatic nitrogens is 3. The lowest BCUT2D eigenvalue weighted by Gasteiger charge is -2.20. The molecule has 5 rings (SSSR count). The molecular weight excluding hydrogens is 392 g/mol. The van der Waals surface area contributed by atoms with Gasteiger partial charge in [-0.2, -0.15) is 4.98 Å². The second-order valence-electron chi connectivity index (χ2n) is 8.38. The number of nitrogens with one attached hydrogen (secondary N) is 1. The molecule has 1 aromatic carbocycles.